The fraction of sp³-hybridized carbons (Fsp3) is 0.692. The van der Waals surface area contributed by atoms with Crippen LogP contribution in [0.1, 0.15) is 58.9 Å². The van der Waals surface area contributed by atoms with Crippen molar-refractivity contribution in [1.82, 2.24) is 10.8 Å². The summed E-state index contributed by atoms with van der Waals surface area (Å²) in [4.78, 5) is 35.2. The molecule has 4 unspecified atom stereocenters. The first-order valence-electron chi connectivity index (χ1n) is 13.0. The average Bonchev–Trinajstić information content (AvgIpc) is 3.62. The molecule has 1 aliphatic carbocycles. The topological polar surface area (TPSA) is 109 Å². The van der Waals surface area contributed by atoms with Crippen LogP contribution in [0.3, 0.4) is 0 Å². The van der Waals surface area contributed by atoms with Gasteiger partial charge in [0.25, 0.3) is 0 Å². The highest BCUT2D eigenvalue weighted by atomic mass is 16.7. The quantitative estimate of drug-likeness (QED) is 0.517. The third-order valence-electron chi connectivity index (χ3n) is 7.37. The SMILES string of the molecule is CC(C)OC(=O)N1C[C@H](C)N(C(=O)C2CC2)c2ccc(C(CN)CNCC3C(C)NOC3C)cc21. The minimum absolute atomic E-state index is 0.0658. The molecule has 1 aromatic carbocycles. The Kier molecular flexibility index (Phi) is 8.00. The van der Waals surface area contributed by atoms with Crippen molar-refractivity contribution in [2.45, 2.75) is 77.7 Å². The zero-order valence-electron chi connectivity index (χ0n) is 21.6. The molecule has 35 heavy (non-hydrogen) atoms. The summed E-state index contributed by atoms with van der Waals surface area (Å²) in [6.45, 7) is 12.3. The number of hydroxylamine groups is 1. The van der Waals surface area contributed by atoms with Crippen LogP contribution in [0.4, 0.5) is 16.2 Å². The Bertz CT molecular complexity index is 911. The highest BCUT2D eigenvalue weighted by Crippen LogP contribution is 2.42. The number of hydrogen-bond acceptors (Lipinski definition) is 7. The number of ether oxygens (including phenoxy) is 1. The third-order valence-corrected chi connectivity index (χ3v) is 7.37. The Balaban J connectivity index is 1.57. The second-order valence-electron chi connectivity index (χ2n) is 10.6. The Morgan fingerprint density at radius 3 is 2.57 bits per heavy atom. The maximum absolute atomic E-state index is 13.1. The Labute approximate surface area is 208 Å². The van der Waals surface area contributed by atoms with E-state index >= 15 is 0 Å². The molecule has 9 heteroatoms. The minimum Gasteiger partial charge on any atom is -0.446 e. The Hall–Kier alpha value is -2.20. The largest absolute Gasteiger partial charge is 0.446 e. The third kappa shape index (κ3) is 5.63. The number of rotatable bonds is 8. The zero-order valence-corrected chi connectivity index (χ0v) is 21.6. The molecule has 0 radical (unpaired) electrons. The second kappa shape index (κ2) is 10.8. The zero-order chi connectivity index (χ0) is 25.3. The van der Waals surface area contributed by atoms with Gasteiger partial charge in [0.1, 0.15) is 0 Å². The number of fused-ring (bicyclic) bond motifs is 1. The van der Waals surface area contributed by atoms with Gasteiger partial charge in [0.05, 0.1) is 29.6 Å². The van der Waals surface area contributed by atoms with Gasteiger partial charge < -0.3 is 20.7 Å². The van der Waals surface area contributed by atoms with Gasteiger partial charge in [-0.05, 0) is 65.2 Å². The van der Waals surface area contributed by atoms with Crippen molar-refractivity contribution in [3.8, 4) is 0 Å². The predicted octanol–water partition coefficient (Wildman–Crippen LogP) is 2.74. The number of nitrogens with zero attached hydrogens (tertiary/aromatic N) is 2. The summed E-state index contributed by atoms with van der Waals surface area (Å²) in [5, 5.41) is 3.57. The molecule has 0 bridgehead atoms. The van der Waals surface area contributed by atoms with Gasteiger partial charge in [-0.15, -0.1) is 0 Å². The van der Waals surface area contributed by atoms with Crippen LogP contribution in [-0.2, 0) is 14.4 Å². The van der Waals surface area contributed by atoms with Crippen LogP contribution < -0.4 is 26.3 Å². The fourth-order valence-electron chi connectivity index (χ4n) is 5.10. The van der Waals surface area contributed by atoms with Crippen molar-refractivity contribution < 1.29 is 19.2 Å². The molecule has 0 spiro atoms. The summed E-state index contributed by atoms with van der Waals surface area (Å²) in [5.74, 6) is 0.688. The van der Waals surface area contributed by atoms with Gasteiger partial charge in [0.2, 0.25) is 5.91 Å². The van der Waals surface area contributed by atoms with E-state index in [9.17, 15) is 9.59 Å². The van der Waals surface area contributed by atoms with Gasteiger partial charge in [0, 0.05) is 50.0 Å². The van der Waals surface area contributed by atoms with E-state index in [0.717, 1.165) is 30.6 Å². The van der Waals surface area contributed by atoms with E-state index in [-0.39, 0.29) is 48.1 Å². The molecule has 2 heterocycles. The molecule has 2 aliphatic heterocycles. The summed E-state index contributed by atoms with van der Waals surface area (Å²) >= 11 is 0. The molecule has 2 fully saturated rings. The lowest BCUT2D eigenvalue weighted by atomic mass is 9.94. The van der Waals surface area contributed by atoms with Gasteiger partial charge in [-0.3, -0.25) is 14.5 Å². The number of nitrogens with one attached hydrogen (secondary N) is 2. The lowest BCUT2D eigenvalue weighted by Gasteiger charge is -2.41. The Morgan fingerprint density at radius 2 is 1.97 bits per heavy atom. The first-order chi connectivity index (χ1) is 16.7. The van der Waals surface area contributed by atoms with Gasteiger partial charge in [0.15, 0.2) is 0 Å². The van der Waals surface area contributed by atoms with Crippen LogP contribution in [-0.4, -0.2) is 62.5 Å². The molecule has 5 atom stereocenters. The second-order valence-corrected chi connectivity index (χ2v) is 10.6. The van der Waals surface area contributed by atoms with Crippen molar-refractivity contribution in [1.29, 1.82) is 0 Å². The monoisotopic (exact) mass is 487 g/mol. The fourth-order valence-corrected chi connectivity index (χ4v) is 5.10. The van der Waals surface area contributed by atoms with E-state index in [2.05, 4.69) is 24.6 Å². The summed E-state index contributed by atoms with van der Waals surface area (Å²) in [6, 6.07) is 6.19. The van der Waals surface area contributed by atoms with Crippen LogP contribution in [0, 0.1) is 11.8 Å². The van der Waals surface area contributed by atoms with E-state index in [4.69, 9.17) is 15.3 Å². The van der Waals surface area contributed by atoms with E-state index < -0.39 is 0 Å². The normalized spacial score (nSPS) is 27.2. The summed E-state index contributed by atoms with van der Waals surface area (Å²) in [6.07, 6.45) is 1.41. The van der Waals surface area contributed by atoms with E-state index in [1.807, 2.05) is 43.9 Å². The highest BCUT2D eigenvalue weighted by molar-refractivity contribution is 6.04. The number of carbonyl (C=O) groups excluding carboxylic acids is 2. The van der Waals surface area contributed by atoms with Gasteiger partial charge in [-0.1, -0.05) is 6.07 Å². The number of benzene rings is 1. The number of hydrogen-bond donors (Lipinski definition) is 3. The molecule has 2 amide bonds. The molecule has 1 saturated carbocycles. The van der Waals surface area contributed by atoms with Crippen molar-refractivity contribution >= 4 is 23.4 Å². The predicted molar refractivity (Wildman–Crippen MR) is 136 cm³/mol. The molecular formula is C26H41N5O4. The van der Waals surface area contributed by atoms with Crippen molar-refractivity contribution in [2.24, 2.45) is 17.6 Å². The van der Waals surface area contributed by atoms with E-state index in [1.165, 1.54) is 0 Å². The minimum atomic E-state index is -0.386. The number of anilines is 2. The molecule has 1 saturated heterocycles. The van der Waals surface area contributed by atoms with Crippen molar-refractivity contribution in [3.05, 3.63) is 23.8 Å². The maximum Gasteiger partial charge on any atom is 0.414 e. The number of nitrogens with two attached hydrogens (primary N) is 1. The molecule has 4 N–H and O–H groups in total. The first kappa shape index (κ1) is 25.9. The molecule has 9 nitrogen and oxygen atoms in total. The van der Waals surface area contributed by atoms with Gasteiger partial charge in [-0.2, -0.15) is 5.48 Å². The molecule has 1 aromatic rings. The van der Waals surface area contributed by atoms with Crippen molar-refractivity contribution in [2.75, 3.05) is 36.0 Å². The maximum atomic E-state index is 13.1. The van der Waals surface area contributed by atoms with Gasteiger partial charge >= 0.3 is 6.09 Å². The van der Waals surface area contributed by atoms with E-state index in [0.29, 0.717) is 31.2 Å². The first-order valence-corrected chi connectivity index (χ1v) is 13.0. The van der Waals surface area contributed by atoms with E-state index in [1.54, 1.807) is 4.90 Å². The van der Waals surface area contributed by atoms with Crippen LogP contribution in [0.2, 0.25) is 0 Å². The summed E-state index contributed by atoms with van der Waals surface area (Å²) < 4.78 is 5.55. The summed E-state index contributed by atoms with van der Waals surface area (Å²) in [5.41, 5.74) is 11.8. The lowest BCUT2D eigenvalue weighted by molar-refractivity contribution is -0.120. The van der Waals surface area contributed by atoms with Crippen molar-refractivity contribution in [3.63, 3.8) is 0 Å². The Morgan fingerprint density at radius 1 is 1.23 bits per heavy atom. The van der Waals surface area contributed by atoms with Crippen LogP contribution in [0.15, 0.2) is 18.2 Å². The summed E-state index contributed by atoms with van der Waals surface area (Å²) in [7, 11) is 0. The number of carbonyl (C=O) groups is 2. The lowest BCUT2D eigenvalue weighted by Crippen LogP contribution is -2.52. The standard InChI is InChI=1S/C26H41N5O4/c1-15(2)34-26(33)30-14-16(3)31(25(32)19-6-7-19)23-9-8-20(10-24(23)30)21(11-27)12-28-13-22-17(4)29-35-18(22)5/h8-10,15-19,21-22,28-29H,6-7,11-14,27H2,1-5H3/t16-,17?,18?,21?,22?/m0/s1. The smallest absolute Gasteiger partial charge is 0.414 e. The van der Waals surface area contributed by atoms with Crippen LogP contribution in [0.5, 0.6) is 0 Å². The molecule has 4 rings (SSSR count). The molecule has 3 aliphatic rings. The molecule has 0 aromatic heterocycles. The van der Waals surface area contributed by atoms with Crippen LogP contribution in [0.25, 0.3) is 0 Å². The number of amides is 2. The molecular weight excluding hydrogens is 446 g/mol. The van der Waals surface area contributed by atoms with Crippen LogP contribution >= 0.6 is 0 Å². The molecule has 194 valence electrons. The average molecular weight is 488 g/mol. The highest BCUT2D eigenvalue weighted by Gasteiger charge is 2.41. The van der Waals surface area contributed by atoms with Gasteiger partial charge in [-0.25, -0.2) is 4.79 Å².